The zero-order valence-corrected chi connectivity index (χ0v) is 8.93. The van der Waals surface area contributed by atoms with Crippen molar-refractivity contribution in [2.45, 2.75) is 25.9 Å². The van der Waals surface area contributed by atoms with Crippen LogP contribution in [0.3, 0.4) is 0 Å². The summed E-state index contributed by atoms with van der Waals surface area (Å²) in [7, 11) is 0. The molecule has 1 N–H and O–H groups in total. The van der Waals surface area contributed by atoms with E-state index >= 15 is 0 Å². The molecule has 0 bridgehead atoms. The summed E-state index contributed by atoms with van der Waals surface area (Å²) in [6.45, 7) is 4.73. The van der Waals surface area contributed by atoms with Crippen molar-refractivity contribution in [2.24, 2.45) is 0 Å². The zero-order chi connectivity index (χ0) is 10.1. The molecule has 1 atom stereocenters. The Kier molecular flexibility index (Phi) is 2.41. The molecule has 14 heavy (non-hydrogen) atoms. The lowest BCUT2D eigenvalue weighted by Crippen LogP contribution is -2.12. The number of ether oxygens (including phenoxy) is 1. The predicted octanol–water partition coefficient (Wildman–Crippen LogP) is 2.05. The molecule has 0 aromatic carbocycles. The molecule has 1 amide bonds. The van der Waals surface area contributed by atoms with Crippen LogP contribution in [-0.4, -0.2) is 17.6 Å². The third-order valence-electron chi connectivity index (χ3n) is 2.04. The molecule has 2 heterocycles. The van der Waals surface area contributed by atoms with Gasteiger partial charge >= 0.3 is 6.09 Å². The van der Waals surface area contributed by atoms with Gasteiger partial charge in [-0.3, -0.25) is 0 Å². The molecular formula is C9H12N2O2S. The Balaban J connectivity index is 2.13. The Morgan fingerprint density at radius 2 is 2.50 bits per heavy atom. The van der Waals surface area contributed by atoms with Crippen LogP contribution in [0, 0.1) is 0 Å². The van der Waals surface area contributed by atoms with E-state index in [1.807, 2.05) is 5.38 Å². The van der Waals surface area contributed by atoms with Crippen molar-refractivity contribution in [3.8, 4) is 0 Å². The van der Waals surface area contributed by atoms with Gasteiger partial charge in [0.05, 0.1) is 17.2 Å². The van der Waals surface area contributed by atoms with E-state index in [4.69, 9.17) is 4.74 Å². The average Bonchev–Trinajstić information content (AvgIpc) is 2.70. The SMILES string of the molecule is CC(C)c1nc(C2CNC(=O)O2)cs1. The highest BCUT2D eigenvalue weighted by atomic mass is 32.1. The van der Waals surface area contributed by atoms with Crippen molar-refractivity contribution >= 4 is 17.4 Å². The van der Waals surface area contributed by atoms with Crippen LogP contribution in [0.4, 0.5) is 4.79 Å². The van der Waals surface area contributed by atoms with Crippen molar-refractivity contribution in [2.75, 3.05) is 6.54 Å². The third kappa shape index (κ3) is 1.72. The topological polar surface area (TPSA) is 51.2 Å². The Hall–Kier alpha value is -1.10. The van der Waals surface area contributed by atoms with Gasteiger partial charge in [-0.1, -0.05) is 13.8 Å². The van der Waals surface area contributed by atoms with Gasteiger partial charge in [0.1, 0.15) is 0 Å². The van der Waals surface area contributed by atoms with Gasteiger partial charge in [0.15, 0.2) is 6.10 Å². The lowest BCUT2D eigenvalue weighted by atomic mass is 10.2. The fraction of sp³-hybridized carbons (Fsp3) is 0.556. The number of rotatable bonds is 2. The van der Waals surface area contributed by atoms with Gasteiger partial charge in [0.25, 0.3) is 0 Å². The highest BCUT2D eigenvalue weighted by Gasteiger charge is 2.26. The molecule has 1 fully saturated rings. The molecule has 1 aromatic heterocycles. The van der Waals surface area contributed by atoms with Crippen molar-refractivity contribution in [3.05, 3.63) is 16.1 Å². The van der Waals surface area contributed by atoms with E-state index < -0.39 is 0 Å². The van der Waals surface area contributed by atoms with Gasteiger partial charge in [-0.05, 0) is 0 Å². The molecule has 0 radical (unpaired) electrons. The maximum absolute atomic E-state index is 10.8. The highest BCUT2D eigenvalue weighted by molar-refractivity contribution is 7.09. The Bertz CT molecular complexity index is 348. The van der Waals surface area contributed by atoms with Gasteiger partial charge in [-0.15, -0.1) is 11.3 Å². The number of thiazole rings is 1. The smallest absolute Gasteiger partial charge is 0.408 e. The maximum atomic E-state index is 10.8. The molecule has 4 nitrogen and oxygen atoms in total. The number of nitrogens with zero attached hydrogens (tertiary/aromatic N) is 1. The van der Waals surface area contributed by atoms with Gasteiger partial charge in [-0.2, -0.15) is 0 Å². The molecule has 1 aromatic rings. The summed E-state index contributed by atoms with van der Waals surface area (Å²) in [5.74, 6) is 0.429. The molecule has 76 valence electrons. The first-order valence-electron chi connectivity index (χ1n) is 4.56. The summed E-state index contributed by atoms with van der Waals surface area (Å²) in [6.07, 6.45) is -0.555. The molecule has 1 aliphatic heterocycles. The summed E-state index contributed by atoms with van der Waals surface area (Å²) in [5, 5.41) is 5.65. The first kappa shape index (κ1) is 9.45. The standard InChI is InChI=1S/C9H12N2O2S/c1-5(2)8-11-6(4-14-8)7-3-10-9(12)13-7/h4-5,7H,3H2,1-2H3,(H,10,12). The minimum Gasteiger partial charge on any atom is -0.438 e. The van der Waals surface area contributed by atoms with E-state index in [1.165, 1.54) is 0 Å². The Morgan fingerprint density at radius 3 is 3.00 bits per heavy atom. The molecule has 5 heteroatoms. The van der Waals surface area contributed by atoms with Crippen LogP contribution in [0.15, 0.2) is 5.38 Å². The van der Waals surface area contributed by atoms with Crippen LogP contribution in [-0.2, 0) is 4.74 Å². The quantitative estimate of drug-likeness (QED) is 0.816. The number of hydrogen-bond acceptors (Lipinski definition) is 4. The Morgan fingerprint density at radius 1 is 1.71 bits per heavy atom. The van der Waals surface area contributed by atoms with Gasteiger partial charge in [-0.25, -0.2) is 9.78 Å². The minimum absolute atomic E-state index is 0.203. The monoisotopic (exact) mass is 212 g/mol. The second kappa shape index (κ2) is 3.57. The van der Waals surface area contributed by atoms with E-state index in [2.05, 4.69) is 24.1 Å². The summed E-state index contributed by atoms with van der Waals surface area (Å²) in [5.41, 5.74) is 0.858. The predicted molar refractivity (Wildman–Crippen MR) is 53.4 cm³/mol. The van der Waals surface area contributed by atoms with E-state index in [9.17, 15) is 4.79 Å². The number of amides is 1. The first-order chi connectivity index (χ1) is 6.66. The van der Waals surface area contributed by atoms with E-state index in [1.54, 1.807) is 11.3 Å². The fourth-order valence-corrected chi connectivity index (χ4v) is 2.14. The van der Waals surface area contributed by atoms with Crippen LogP contribution in [0.25, 0.3) is 0 Å². The normalized spacial score (nSPS) is 21.1. The van der Waals surface area contributed by atoms with Gasteiger partial charge in [0.2, 0.25) is 0 Å². The fourth-order valence-electron chi connectivity index (χ4n) is 1.27. The van der Waals surface area contributed by atoms with Crippen LogP contribution < -0.4 is 5.32 Å². The minimum atomic E-state index is -0.353. The molecule has 1 aliphatic rings. The Labute approximate surface area is 86.3 Å². The maximum Gasteiger partial charge on any atom is 0.408 e. The van der Waals surface area contributed by atoms with Crippen LogP contribution in [0.1, 0.15) is 36.6 Å². The molecule has 0 saturated carbocycles. The van der Waals surface area contributed by atoms with E-state index in [0.29, 0.717) is 12.5 Å². The third-order valence-corrected chi connectivity index (χ3v) is 3.21. The van der Waals surface area contributed by atoms with E-state index in [0.717, 1.165) is 10.7 Å². The second-order valence-electron chi connectivity index (χ2n) is 3.54. The second-order valence-corrected chi connectivity index (χ2v) is 4.43. The highest BCUT2D eigenvalue weighted by Crippen LogP contribution is 2.26. The summed E-state index contributed by atoms with van der Waals surface area (Å²) in [6, 6.07) is 0. The molecular weight excluding hydrogens is 200 g/mol. The van der Waals surface area contributed by atoms with Crippen molar-refractivity contribution < 1.29 is 9.53 Å². The van der Waals surface area contributed by atoms with Crippen LogP contribution in [0.5, 0.6) is 0 Å². The van der Waals surface area contributed by atoms with E-state index in [-0.39, 0.29) is 12.2 Å². The van der Waals surface area contributed by atoms with Crippen LogP contribution >= 0.6 is 11.3 Å². The summed E-state index contributed by atoms with van der Waals surface area (Å²) >= 11 is 1.62. The summed E-state index contributed by atoms with van der Waals surface area (Å²) < 4.78 is 5.03. The molecule has 0 spiro atoms. The number of carbonyl (C=O) groups excluding carboxylic acids is 1. The number of alkyl carbamates (subject to hydrolysis) is 1. The molecule has 0 aliphatic carbocycles. The lowest BCUT2D eigenvalue weighted by molar-refractivity contribution is 0.139. The molecule has 1 unspecified atom stereocenters. The number of nitrogens with one attached hydrogen (secondary N) is 1. The number of aromatic nitrogens is 1. The number of hydrogen-bond donors (Lipinski definition) is 1. The molecule has 2 rings (SSSR count). The van der Waals surface area contributed by atoms with Crippen molar-refractivity contribution in [1.29, 1.82) is 0 Å². The van der Waals surface area contributed by atoms with Crippen LogP contribution in [0.2, 0.25) is 0 Å². The van der Waals surface area contributed by atoms with Gasteiger partial charge in [0, 0.05) is 11.3 Å². The summed E-state index contributed by atoms with van der Waals surface area (Å²) in [4.78, 5) is 15.2. The largest absolute Gasteiger partial charge is 0.438 e. The lowest BCUT2D eigenvalue weighted by Gasteiger charge is -2.02. The van der Waals surface area contributed by atoms with Gasteiger partial charge < -0.3 is 10.1 Å². The van der Waals surface area contributed by atoms with Crippen molar-refractivity contribution in [3.63, 3.8) is 0 Å². The molecule has 1 saturated heterocycles. The number of carbonyl (C=O) groups is 1. The zero-order valence-electron chi connectivity index (χ0n) is 8.11. The average molecular weight is 212 g/mol. The van der Waals surface area contributed by atoms with Crippen molar-refractivity contribution in [1.82, 2.24) is 10.3 Å². The number of cyclic esters (lactones) is 1. The first-order valence-corrected chi connectivity index (χ1v) is 5.44.